The van der Waals surface area contributed by atoms with E-state index in [-0.39, 0.29) is 19.4 Å². The van der Waals surface area contributed by atoms with E-state index in [4.69, 9.17) is 9.47 Å². The monoisotopic (exact) mass is 365 g/mol. The first-order chi connectivity index (χ1) is 13.2. The summed E-state index contributed by atoms with van der Waals surface area (Å²) >= 11 is 0. The number of nitrogens with one attached hydrogen (secondary N) is 2. The molecule has 0 saturated heterocycles. The fourth-order valence-corrected chi connectivity index (χ4v) is 2.61. The summed E-state index contributed by atoms with van der Waals surface area (Å²) in [5.41, 5.74) is 2.21. The fraction of sp³-hybridized carbons (Fsp3) is 0.211. The van der Waals surface area contributed by atoms with E-state index < -0.39 is 0 Å². The van der Waals surface area contributed by atoms with Crippen molar-refractivity contribution in [3.63, 3.8) is 0 Å². The SMILES string of the molecule is C[C@H](CO)Nc1nc(Nc2ccc3c(c2)OCO3)cc(-c2ccccn2)n1. The lowest BCUT2D eigenvalue weighted by Gasteiger charge is -2.14. The van der Waals surface area contributed by atoms with Crippen molar-refractivity contribution in [2.24, 2.45) is 0 Å². The Bertz CT molecular complexity index is 936. The molecule has 1 atom stereocenters. The van der Waals surface area contributed by atoms with Crippen LogP contribution in [0.4, 0.5) is 17.5 Å². The second kappa shape index (κ2) is 7.46. The summed E-state index contributed by atoms with van der Waals surface area (Å²) in [5, 5.41) is 15.6. The quantitative estimate of drug-likeness (QED) is 0.613. The molecule has 0 aliphatic carbocycles. The summed E-state index contributed by atoms with van der Waals surface area (Å²) in [7, 11) is 0. The highest BCUT2D eigenvalue weighted by Gasteiger charge is 2.14. The largest absolute Gasteiger partial charge is 0.454 e. The molecule has 1 aliphatic heterocycles. The van der Waals surface area contributed by atoms with Crippen LogP contribution in [0.2, 0.25) is 0 Å². The Morgan fingerprint density at radius 2 is 1.96 bits per heavy atom. The molecule has 8 nitrogen and oxygen atoms in total. The van der Waals surface area contributed by atoms with Gasteiger partial charge in [0.1, 0.15) is 5.82 Å². The van der Waals surface area contributed by atoms with Crippen LogP contribution in [-0.4, -0.2) is 39.5 Å². The van der Waals surface area contributed by atoms with Gasteiger partial charge in [0.05, 0.1) is 18.0 Å². The molecule has 0 spiro atoms. The van der Waals surface area contributed by atoms with Gasteiger partial charge in [-0.3, -0.25) is 4.98 Å². The van der Waals surface area contributed by atoms with Crippen molar-refractivity contribution in [1.29, 1.82) is 0 Å². The lowest BCUT2D eigenvalue weighted by atomic mass is 10.2. The molecule has 3 aromatic rings. The van der Waals surface area contributed by atoms with E-state index in [0.29, 0.717) is 23.2 Å². The first-order valence-electron chi connectivity index (χ1n) is 8.56. The highest BCUT2D eigenvalue weighted by Crippen LogP contribution is 2.35. The van der Waals surface area contributed by atoms with E-state index in [1.807, 2.05) is 49.4 Å². The maximum absolute atomic E-state index is 9.30. The van der Waals surface area contributed by atoms with Gasteiger partial charge in [-0.05, 0) is 31.2 Å². The number of benzene rings is 1. The van der Waals surface area contributed by atoms with Crippen LogP contribution < -0.4 is 20.1 Å². The average Bonchev–Trinajstić information content (AvgIpc) is 3.16. The molecule has 0 fully saturated rings. The summed E-state index contributed by atoms with van der Waals surface area (Å²) in [4.78, 5) is 13.4. The number of pyridine rings is 1. The maximum atomic E-state index is 9.30. The second-order valence-electron chi connectivity index (χ2n) is 6.10. The van der Waals surface area contributed by atoms with E-state index in [1.165, 1.54) is 0 Å². The van der Waals surface area contributed by atoms with Gasteiger partial charge in [0.2, 0.25) is 12.7 Å². The number of nitrogens with zero attached hydrogens (tertiary/aromatic N) is 3. The molecule has 27 heavy (non-hydrogen) atoms. The number of hydrogen-bond acceptors (Lipinski definition) is 8. The summed E-state index contributed by atoms with van der Waals surface area (Å²) in [5.74, 6) is 2.41. The normalized spacial score (nSPS) is 13.3. The molecule has 1 aromatic carbocycles. The first kappa shape index (κ1) is 17.0. The molecule has 0 unspecified atom stereocenters. The minimum absolute atomic E-state index is 0.0257. The molecule has 2 aromatic heterocycles. The molecule has 1 aliphatic rings. The highest BCUT2D eigenvalue weighted by molar-refractivity contribution is 5.67. The fourth-order valence-electron chi connectivity index (χ4n) is 2.61. The van der Waals surface area contributed by atoms with Crippen molar-refractivity contribution in [3.8, 4) is 22.9 Å². The molecule has 0 bridgehead atoms. The number of fused-ring (bicyclic) bond motifs is 1. The summed E-state index contributed by atoms with van der Waals surface area (Å²) in [6.45, 7) is 2.05. The van der Waals surface area contributed by atoms with Crippen molar-refractivity contribution in [2.75, 3.05) is 24.0 Å². The van der Waals surface area contributed by atoms with Crippen LogP contribution in [0.3, 0.4) is 0 Å². The van der Waals surface area contributed by atoms with E-state index in [0.717, 1.165) is 17.1 Å². The number of aromatic nitrogens is 3. The summed E-state index contributed by atoms with van der Waals surface area (Å²) in [6.07, 6.45) is 1.71. The number of ether oxygens (including phenoxy) is 2. The van der Waals surface area contributed by atoms with E-state index >= 15 is 0 Å². The molecule has 3 N–H and O–H groups in total. The molecular weight excluding hydrogens is 346 g/mol. The molecule has 138 valence electrons. The lowest BCUT2D eigenvalue weighted by molar-refractivity contribution is 0.174. The number of hydrogen-bond donors (Lipinski definition) is 3. The van der Waals surface area contributed by atoms with Gasteiger partial charge < -0.3 is 25.2 Å². The third kappa shape index (κ3) is 3.90. The van der Waals surface area contributed by atoms with Crippen molar-refractivity contribution in [1.82, 2.24) is 15.0 Å². The van der Waals surface area contributed by atoms with Gasteiger partial charge in [0.15, 0.2) is 11.5 Å². The van der Waals surface area contributed by atoms with Crippen LogP contribution >= 0.6 is 0 Å². The Balaban J connectivity index is 1.67. The van der Waals surface area contributed by atoms with Crippen LogP contribution in [0.15, 0.2) is 48.7 Å². The Morgan fingerprint density at radius 1 is 1.07 bits per heavy atom. The Hall–Kier alpha value is -3.39. The van der Waals surface area contributed by atoms with Crippen molar-refractivity contribution < 1.29 is 14.6 Å². The summed E-state index contributed by atoms with van der Waals surface area (Å²) in [6, 6.07) is 12.9. The standard InChI is InChI=1S/C19H19N5O3/c1-12(10-25)21-19-23-15(14-4-2-3-7-20-14)9-18(24-19)22-13-5-6-16-17(8-13)27-11-26-16/h2-9,12,25H,10-11H2,1H3,(H2,21,22,23,24)/t12-/m1/s1. The molecule has 0 radical (unpaired) electrons. The highest BCUT2D eigenvalue weighted by atomic mass is 16.7. The minimum Gasteiger partial charge on any atom is -0.454 e. The Labute approximate surface area is 156 Å². The van der Waals surface area contributed by atoms with Crippen molar-refractivity contribution >= 4 is 17.5 Å². The lowest BCUT2D eigenvalue weighted by Crippen LogP contribution is -2.21. The second-order valence-corrected chi connectivity index (χ2v) is 6.10. The predicted octanol–water partition coefficient (Wildman–Crippen LogP) is 2.80. The van der Waals surface area contributed by atoms with Gasteiger partial charge in [0, 0.05) is 30.1 Å². The molecular formula is C19H19N5O3. The zero-order valence-corrected chi connectivity index (χ0v) is 14.7. The molecule has 3 heterocycles. The van der Waals surface area contributed by atoms with Crippen molar-refractivity contribution in [3.05, 3.63) is 48.7 Å². The zero-order valence-electron chi connectivity index (χ0n) is 14.7. The number of anilines is 3. The van der Waals surface area contributed by atoms with Crippen LogP contribution in [0, 0.1) is 0 Å². The van der Waals surface area contributed by atoms with E-state index in [2.05, 4.69) is 25.6 Å². The molecule has 0 amide bonds. The van der Waals surface area contributed by atoms with Gasteiger partial charge in [-0.25, -0.2) is 4.98 Å². The Kier molecular flexibility index (Phi) is 4.71. The predicted molar refractivity (Wildman–Crippen MR) is 101 cm³/mol. The smallest absolute Gasteiger partial charge is 0.231 e. The maximum Gasteiger partial charge on any atom is 0.231 e. The van der Waals surface area contributed by atoms with E-state index in [1.54, 1.807) is 6.20 Å². The van der Waals surface area contributed by atoms with Gasteiger partial charge in [-0.15, -0.1) is 0 Å². The van der Waals surface area contributed by atoms with Crippen LogP contribution in [0.25, 0.3) is 11.4 Å². The van der Waals surface area contributed by atoms with E-state index in [9.17, 15) is 5.11 Å². The third-order valence-electron chi connectivity index (χ3n) is 3.95. The molecule has 8 heteroatoms. The van der Waals surface area contributed by atoms with Crippen LogP contribution in [-0.2, 0) is 0 Å². The van der Waals surface area contributed by atoms with Crippen LogP contribution in [0.5, 0.6) is 11.5 Å². The number of aliphatic hydroxyl groups is 1. The Morgan fingerprint density at radius 3 is 2.78 bits per heavy atom. The van der Waals surface area contributed by atoms with Gasteiger partial charge in [-0.2, -0.15) is 4.98 Å². The van der Waals surface area contributed by atoms with Gasteiger partial charge >= 0.3 is 0 Å². The third-order valence-corrected chi connectivity index (χ3v) is 3.95. The van der Waals surface area contributed by atoms with Crippen LogP contribution in [0.1, 0.15) is 6.92 Å². The van der Waals surface area contributed by atoms with Crippen molar-refractivity contribution in [2.45, 2.75) is 13.0 Å². The first-order valence-corrected chi connectivity index (χ1v) is 8.56. The number of rotatable bonds is 6. The zero-order chi connectivity index (χ0) is 18.6. The summed E-state index contributed by atoms with van der Waals surface area (Å²) < 4.78 is 10.8. The topological polar surface area (TPSA) is 101 Å². The molecule has 0 saturated carbocycles. The average molecular weight is 365 g/mol. The van der Waals surface area contributed by atoms with Gasteiger partial charge in [-0.1, -0.05) is 6.07 Å². The number of aliphatic hydroxyl groups excluding tert-OH is 1. The minimum atomic E-state index is -0.178. The molecule has 4 rings (SSSR count). The van der Waals surface area contributed by atoms with Gasteiger partial charge in [0.25, 0.3) is 0 Å².